The number of benzene rings is 2. The highest BCUT2D eigenvalue weighted by Crippen LogP contribution is 2.23. The monoisotopic (exact) mass is 438 g/mol. The third-order valence-electron chi connectivity index (χ3n) is 5.31. The molecule has 0 bridgehead atoms. The largest absolute Gasteiger partial charge is 0.497 e. The van der Waals surface area contributed by atoms with E-state index in [9.17, 15) is 14.0 Å². The van der Waals surface area contributed by atoms with Gasteiger partial charge in [-0.25, -0.2) is 9.18 Å². The lowest BCUT2D eigenvalue weighted by molar-refractivity contribution is 0.0519. The van der Waals surface area contributed by atoms with E-state index in [-0.39, 0.29) is 24.6 Å². The molecule has 1 amide bonds. The van der Waals surface area contributed by atoms with Crippen LogP contribution < -0.4 is 4.74 Å². The van der Waals surface area contributed by atoms with Crippen LogP contribution in [0.5, 0.6) is 5.75 Å². The molecule has 7 heteroatoms. The van der Waals surface area contributed by atoms with Crippen molar-refractivity contribution < 1.29 is 23.5 Å². The van der Waals surface area contributed by atoms with E-state index in [0.717, 1.165) is 22.4 Å². The molecule has 2 aromatic carbocycles. The van der Waals surface area contributed by atoms with E-state index in [4.69, 9.17) is 9.47 Å². The second-order valence-electron chi connectivity index (χ2n) is 7.47. The Kier molecular flexibility index (Phi) is 7.30. The molecule has 0 aliphatic heterocycles. The molecule has 0 radical (unpaired) electrons. The number of rotatable bonds is 8. The number of hydrogen-bond acceptors (Lipinski definition) is 4. The second kappa shape index (κ2) is 10.1. The van der Waals surface area contributed by atoms with Crippen molar-refractivity contribution >= 4 is 11.9 Å². The lowest BCUT2D eigenvalue weighted by Gasteiger charge is -2.24. The van der Waals surface area contributed by atoms with Crippen LogP contribution in [0.15, 0.2) is 48.5 Å². The number of aryl methyl sites for hydroxylation is 1. The number of aromatic amines is 1. The number of H-pyrrole nitrogens is 1. The fourth-order valence-electron chi connectivity index (χ4n) is 3.58. The first-order valence-corrected chi connectivity index (χ1v) is 10.4. The van der Waals surface area contributed by atoms with E-state index in [1.54, 1.807) is 25.0 Å². The highest BCUT2D eigenvalue weighted by atomic mass is 19.1. The maximum atomic E-state index is 13.8. The number of carbonyl (C=O) groups is 2. The third-order valence-corrected chi connectivity index (χ3v) is 5.31. The van der Waals surface area contributed by atoms with Crippen molar-refractivity contribution in [2.75, 3.05) is 13.7 Å². The molecule has 1 heterocycles. The summed E-state index contributed by atoms with van der Waals surface area (Å²) in [7, 11) is 1.59. The van der Waals surface area contributed by atoms with Crippen molar-refractivity contribution in [2.45, 2.75) is 33.9 Å². The van der Waals surface area contributed by atoms with Gasteiger partial charge in [0.2, 0.25) is 0 Å². The minimum Gasteiger partial charge on any atom is -0.497 e. The number of amides is 1. The van der Waals surface area contributed by atoms with Gasteiger partial charge < -0.3 is 19.4 Å². The average molecular weight is 438 g/mol. The third kappa shape index (κ3) is 5.17. The standard InChI is InChI=1S/C25H27FN2O4/c1-5-32-25(30)23-16(2)22(17(3)27-23)15-28(14-18-9-11-21(31-4)12-10-18)24(29)19-7-6-8-20(26)13-19/h6-13,27H,5,14-15H2,1-4H3. The molecule has 1 aromatic heterocycles. The van der Waals surface area contributed by atoms with Gasteiger partial charge in [0.15, 0.2) is 0 Å². The summed E-state index contributed by atoms with van der Waals surface area (Å²) < 4.78 is 24.1. The first-order chi connectivity index (χ1) is 15.3. The number of halogens is 1. The molecule has 3 aromatic rings. The van der Waals surface area contributed by atoms with Crippen LogP contribution in [0.2, 0.25) is 0 Å². The number of aromatic nitrogens is 1. The highest BCUT2D eigenvalue weighted by Gasteiger charge is 2.23. The zero-order valence-electron chi connectivity index (χ0n) is 18.7. The summed E-state index contributed by atoms with van der Waals surface area (Å²) in [5, 5.41) is 0. The number of nitrogens with zero attached hydrogens (tertiary/aromatic N) is 1. The number of nitrogens with one attached hydrogen (secondary N) is 1. The molecular formula is C25H27FN2O4. The van der Waals surface area contributed by atoms with Crippen LogP contribution in [0, 0.1) is 19.7 Å². The van der Waals surface area contributed by atoms with Gasteiger partial charge in [0.25, 0.3) is 5.91 Å². The van der Waals surface area contributed by atoms with Gasteiger partial charge in [0.05, 0.1) is 13.7 Å². The van der Waals surface area contributed by atoms with Gasteiger partial charge in [0.1, 0.15) is 17.3 Å². The lowest BCUT2D eigenvalue weighted by Crippen LogP contribution is -2.30. The first-order valence-electron chi connectivity index (χ1n) is 10.4. The first kappa shape index (κ1) is 23.1. The van der Waals surface area contributed by atoms with Crippen molar-refractivity contribution in [2.24, 2.45) is 0 Å². The Labute approximate surface area is 187 Å². The Morgan fingerprint density at radius 1 is 1.06 bits per heavy atom. The van der Waals surface area contributed by atoms with Gasteiger partial charge >= 0.3 is 5.97 Å². The zero-order valence-corrected chi connectivity index (χ0v) is 18.7. The SMILES string of the molecule is CCOC(=O)c1[nH]c(C)c(CN(Cc2ccc(OC)cc2)C(=O)c2cccc(F)c2)c1C. The zero-order chi connectivity index (χ0) is 23.3. The number of methoxy groups -OCH3 is 1. The molecule has 0 aliphatic rings. The minimum atomic E-state index is -0.473. The summed E-state index contributed by atoms with van der Waals surface area (Å²) >= 11 is 0. The van der Waals surface area contributed by atoms with Crippen LogP contribution in [0.1, 0.15) is 50.2 Å². The van der Waals surface area contributed by atoms with Crippen molar-refractivity contribution in [1.29, 1.82) is 0 Å². The normalized spacial score (nSPS) is 10.7. The van der Waals surface area contributed by atoms with Gasteiger partial charge in [-0.15, -0.1) is 0 Å². The van der Waals surface area contributed by atoms with E-state index in [2.05, 4.69) is 4.98 Å². The second-order valence-corrected chi connectivity index (χ2v) is 7.47. The molecular weight excluding hydrogens is 411 g/mol. The van der Waals surface area contributed by atoms with Crippen LogP contribution in [-0.4, -0.2) is 35.5 Å². The van der Waals surface area contributed by atoms with Crippen LogP contribution in [-0.2, 0) is 17.8 Å². The predicted molar refractivity (Wildman–Crippen MR) is 119 cm³/mol. The molecule has 0 saturated heterocycles. The smallest absolute Gasteiger partial charge is 0.355 e. The average Bonchev–Trinajstić information content (AvgIpc) is 3.07. The van der Waals surface area contributed by atoms with Crippen LogP contribution in [0.3, 0.4) is 0 Å². The van der Waals surface area contributed by atoms with E-state index in [1.165, 1.54) is 18.2 Å². The number of carbonyl (C=O) groups excluding carboxylic acids is 2. The van der Waals surface area contributed by atoms with Gasteiger partial charge in [-0.1, -0.05) is 18.2 Å². The molecule has 1 N–H and O–H groups in total. The van der Waals surface area contributed by atoms with E-state index >= 15 is 0 Å². The predicted octanol–water partition coefficient (Wildman–Crippen LogP) is 4.80. The lowest BCUT2D eigenvalue weighted by atomic mass is 10.1. The molecule has 0 unspecified atom stereocenters. The number of hydrogen-bond donors (Lipinski definition) is 1. The maximum Gasteiger partial charge on any atom is 0.355 e. The molecule has 0 atom stereocenters. The van der Waals surface area contributed by atoms with Gasteiger partial charge in [-0.2, -0.15) is 0 Å². The van der Waals surface area contributed by atoms with E-state index in [0.29, 0.717) is 18.0 Å². The molecule has 3 rings (SSSR count). The van der Waals surface area contributed by atoms with Crippen LogP contribution >= 0.6 is 0 Å². The van der Waals surface area contributed by atoms with Gasteiger partial charge in [-0.3, -0.25) is 4.79 Å². The van der Waals surface area contributed by atoms with Gasteiger partial charge in [-0.05, 0) is 67.8 Å². The Morgan fingerprint density at radius 2 is 1.78 bits per heavy atom. The molecule has 6 nitrogen and oxygen atoms in total. The van der Waals surface area contributed by atoms with Crippen LogP contribution in [0.25, 0.3) is 0 Å². The van der Waals surface area contributed by atoms with E-state index in [1.807, 2.05) is 38.1 Å². The quantitative estimate of drug-likeness (QED) is 0.513. The summed E-state index contributed by atoms with van der Waals surface area (Å²) in [6, 6.07) is 13.0. The van der Waals surface area contributed by atoms with Crippen molar-refractivity contribution in [3.8, 4) is 5.75 Å². The fraction of sp³-hybridized carbons (Fsp3) is 0.280. The highest BCUT2D eigenvalue weighted by molar-refractivity contribution is 5.94. The van der Waals surface area contributed by atoms with Crippen LogP contribution in [0.4, 0.5) is 4.39 Å². The Bertz CT molecular complexity index is 1110. The molecule has 0 saturated carbocycles. The Morgan fingerprint density at radius 3 is 2.41 bits per heavy atom. The molecule has 32 heavy (non-hydrogen) atoms. The topological polar surface area (TPSA) is 71.6 Å². The maximum absolute atomic E-state index is 13.8. The number of esters is 1. The van der Waals surface area contributed by atoms with Crippen molar-refractivity contribution in [3.05, 3.63) is 88.0 Å². The summed E-state index contributed by atoms with van der Waals surface area (Å²) in [5.41, 5.74) is 3.86. The molecule has 0 spiro atoms. The Hall–Kier alpha value is -3.61. The Balaban J connectivity index is 1.95. The summed E-state index contributed by atoms with van der Waals surface area (Å²) in [5.74, 6) is -0.498. The minimum absolute atomic E-state index is 0.245. The summed E-state index contributed by atoms with van der Waals surface area (Å²) in [6.07, 6.45) is 0. The summed E-state index contributed by atoms with van der Waals surface area (Å²) in [6.45, 7) is 6.24. The van der Waals surface area contributed by atoms with Crippen molar-refractivity contribution in [3.63, 3.8) is 0 Å². The fourth-order valence-corrected chi connectivity index (χ4v) is 3.58. The molecule has 0 aliphatic carbocycles. The van der Waals surface area contributed by atoms with E-state index < -0.39 is 11.8 Å². The number of ether oxygens (including phenoxy) is 2. The molecule has 0 fully saturated rings. The molecule has 168 valence electrons. The van der Waals surface area contributed by atoms with Gasteiger partial charge in [0, 0.05) is 24.3 Å². The van der Waals surface area contributed by atoms with Crippen molar-refractivity contribution in [1.82, 2.24) is 9.88 Å². The summed E-state index contributed by atoms with van der Waals surface area (Å²) in [4.78, 5) is 30.3.